The van der Waals surface area contributed by atoms with Gasteiger partial charge in [-0.2, -0.15) is 0 Å². The zero-order valence-electron chi connectivity index (χ0n) is 10.3. The van der Waals surface area contributed by atoms with Gasteiger partial charge < -0.3 is 10.2 Å². The van der Waals surface area contributed by atoms with E-state index in [4.69, 9.17) is 0 Å². The molecule has 0 aromatic rings. The molecule has 14 heavy (non-hydrogen) atoms. The maximum atomic E-state index is 3.51. The maximum absolute atomic E-state index is 3.51. The van der Waals surface area contributed by atoms with E-state index >= 15 is 0 Å². The molecule has 1 saturated heterocycles. The molecular formula is C12H26N2. The monoisotopic (exact) mass is 198 g/mol. The molecule has 0 radical (unpaired) electrons. The van der Waals surface area contributed by atoms with Gasteiger partial charge in [-0.25, -0.2) is 0 Å². The molecule has 1 fully saturated rings. The molecule has 0 amide bonds. The molecule has 0 aliphatic carbocycles. The Balaban J connectivity index is 2.67. The van der Waals surface area contributed by atoms with E-state index in [1.165, 1.54) is 38.9 Å². The largest absolute Gasteiger partial charge is 0.317 e. The Morgan fingerprint density at radius 2 is 1.93 bits per heavy atom. The SMILES string of the molecule is CC(C)C1(CN(C)C)CCCNCC1. The number of hydrogen-bond acceptors (Lipinski definition) is 2. The molecule has 1 heterocycles. The van der Waals surface area contributed by atoms with Crippen molar-refractivity contribution in [2.24, 2.45) is 11.3 Å². The molecular weight excluding hydrogens is 172 g/mol. The molecule has 0 aromatic heterocycles. The third-order valence-electron chi connectivity index (χ3n) is 3.68. The highest BCUT2D eigenvalue weighted by Gasteiger charge is 2.34. The van der Waals surface area contributed by atoms with E-state index < -0.39 is 0 Å². The first-order valence-electron chi connectivity index (χ1n) is 5.92. The summed E-state index contributed by atoms with van der Waals surface area (Å²) in [6.07, 6.45) is 4.06. The minimum Gasteiger partial charge on any atom is -0.317 e. The molecule has 0 bridgehead atoms. The van der Waals surface area contributed by atoms with Crippen molar-refractivity contribution in [1.29, 1.82) is 0 Å². The van der Waals surface area contributed by atoms with Crippen LogP contribution in [0.15, 0.2) is 0 Å². The third kappa shape index (κ3) is 2.96. The first-order chi connectivity index (χ1) is 6.57. The Hall–Kier alpha value is -0.0800. The van der Waals surface area contributed by atoms with E-state index in [1.54, 1.807) is 0 Å². The quantitative estimate of drug-likeness (QED) is 0.746. The summed E-state index contributed by atoms with van der Waals surface area (Å²) < 4.78 is 0. The van der Waals surface area contributed by atoms with Crippen LogP contribution in [0, 0.1) is 11.3 Å². The third-order valence-corrected chi connectivity index (χ3v) is 3.68. The van der Waals surface area contributed by atoms with Crippen LogP contribution in [-0.4, -0.2) is 38.6 Å². The van der Waals surface area contributed by atoms with Gasteiger partial charge in [-0.1, -0.05) is 13.8 Å². The maximum Gasteiger partial charge on any atom is 0.00348 e. The summed E-state index contributed by atoms with van der Waals surface area (Å²) in [5, 5.41) is 3.51. The highest BCUT2D eigenvalue weighted by molar-refractivity contribution is 4.87. The van der Waals surface area contributed by atoms with E-state index in [-0.39, 0.29) is 0 Å². The predicted octanol–water partition coefficient (Wildman–Crippen LogP) is 1.96. The van der Waals surface area contributed by atoms with Crippen molar-refractivity contribution in [2.75, 3.05) is 33.7 Å². The smallest absolute Gasteiger partial charge is 0.00348 e. The normalized spacial score (nSPS) is 29.6. The highest BCUT2D eigenvalue weighted by atomic mass is 15.1. The Labute approximate surface area is 89.1 Å². The molecule has 0 saturated carbocycles. The van der Waals surface area contributed by atoms with Gasteiger partial charge in [0.2, 0.25) is 0 Å². The molecule has 84 valence electrons. The lowest BCUT2D eigenvalue weighted by Gasteiger charge is -2.39. The predicted molar refractivity (Wildman–Crippen MR) is 62.5 cm³/mol. The van der Waals surface area contributed by atoms with Crippen molar-refractivity contribution >= 4 is 0 Å². The minimum absolute atomic E-state index is 0.549. The summed E-state index contributed by atoms with van der Waals surface area (Å²) in [4.78, 5) is 2.35. The molecule has 0 spiro atoms. The van der Waals surface area contributed by atoms with Crippen LogP contribution in [0.4, 0.5) is 0 Å². The fourth-order valence-corrected chi connectivity index (χ4v) is 2.70. The van der Waals surface area contributed by atoms with Crippen molar-refractivity contribution in [3.63, 3.8) is 0 Å². The van der Waals surface area contributed by atoms with Crippen LogP contribution in [0.2, 0.25) is 0 Å². The van der Waals surface area contributed by atoms with Crippen LogP contribution in [0.25, 0.3) is 0 Å². The standard InChI is InChI=1S/C12H26N2/c1-11(2)12(10-14(3)4)6-5-8-13-9-7-12/h11,13H,5-10H2,1-4H3. The summed E-state index contributed by atoms with van der Waals surface area (Å²) in [6, 6.07) is 0. The molecule has 1 aliphatic heterocycles. The lowest BCUT2D eigenvalue weighted by molar-refractivity contribution is 0.112. The Bertz CT molecular complexity index is 156. The van der Waals surface area contributed by atoms with E-state index in [1.807, 2.05) is 0 Å². The number of nitrogens with zero attached hydrogens (tertiary/aromatic N) is 1. The van der Waals surface area contributed by atoms with Gasteiger partial charge in [0.15, 0.2) is 0 Å². The first-order valence-corrected chi connectivity index (χ1v) is 5.92. The number of rotatable bonds is 3. The Morgan fingerprint density at radius 1 is 1.21 bits per heavy atom. The van der Waals surface area contributed by atoms with Crippen molar-refractivity contribution in [3.05, 3.63) is 0 Å². The summed E-state index contributed by atoms with van der Waals surface area (Å²) in [5.74, 6) is 0.796. The van der Waals surface area contributed by atoms with Gasteiger partial charge in [0.25, 0.3) is 0 Å². The fourth-order valence-electron chi connectivity index (χ4n) is 2.70. The summed E-state index contributed by atoms with van der Waals surface area (Å²) in [5.41, 5.74) is 0.549. The zero-order valence-corrected chi connectivity index (χ0v) is 10.3. The van der Waals surface area contributed by atoms with Gasteiger partial charge in [-0.15, -0.1) is 0 Å². The summed E-state index contributed by atoms with van der Waals surface area (Å²) in [7, 11) is 4.39. The average molecular weight is 198 g/mol. The summed E-state index contributed by atoms with van der Waals surface area (Å²) >= 11 is 0. The van der Waals surface area contributed by atoms with Crippen LogP contribution in [0.3, 0.4) is 0 Å². The second kappa shape index (κ2) is 5.13. The molecule has 2 nitrogen and oxygen atoms in total. The van der Waals surface area contributed by atoms with Crippen LogP contribution in [0.1, 0.15) is 33.1 Å². The van der Waals surface area contributed by atoms with Gasteiger partial charge in [-0.3, -0.25) is 0 Å². The number of nitrogens with one attached hydrogen (secondary N) is 1. The Kier molecular flexibility index (Phi) is 4.39. The van der Waals surface area contributed by atoms with Crippen molar-refractivity contribution in [2.45, 2.75) is 33.1 Å². The molecule has 1 N–H and O–H groups in total. The zero-order chi connectivity index (χ0) is 10.6. The molecule has 0 aromatic carbocycles. The summed E-state index contributed by atoms with van der Waals surface area (Å²) in [6.45, 7) is 8.42. The molecule has 2 heteroatoms. The minimum atomic E-state index is 0.549. The van der Waals surface area contributed by atoms with E-state index in [2.05, 4.69) is 38.2 Å². The van der Waals surface area contributed by atoms with Gasteiger partial charge in [-0.05, 0) is 57.8 Å². The van der Waals surface area contributed by atoms with Gasteiger partial charge in [0.05, 0.1) is 0 Å². The van der Waals surface area contributed by atoms with Crippen molar-refractivity contribution in [1.82, 2.24) is 10.2 Å². The lowest BCUT2D eigenvalue weighted by Crippen LogP contribution is -2.38. The lowest BCUT2D eigenvalue weighted by atomic mass is 9.71. The first kappa shape index (κ1) is 12.0. The molecule has 1 unspecified atom stereocenters. The van der Waals surface area contributed by atoms with Gasteiger partial charge >= 0.3 is 0 Å². The van der Waals surface area contributed by atoms with Gasteiger partial charge in [0, 0.05) is 6.54 Å². The van der Waals surface area contributed by atoms with E-state index in [0.29, 0.717) is 5.41 Å². The van der Waals surface area contributed by atoms with Gasteiger partial charge in [0.1, 0.15) is 0 Å². The topological polar surface area (TPSA) is 15.3 Å². The second-order valence-electron chi connectivity index (χ2n) is 5.36. The molecule has 1 rings (SSSR count). The molecule has 1 aliphatic rings. The highest BCUT2D eigenvalue weighted by Crippen LogP contribution is 2.37. The van der Waals surface area contributed by atoms with Crippen LogP contribution >= 0.6 is 0 Å². The van der Waals surface area contributed by atoms with Crippen molar-refractivity contribution in [3.8, 4) is 0 Å². The van der Waals surface area contributed by atoms with E-state index in [0.717, 1.165) is 5.92 Å². The molecule has 1 atom stereocenters. The average Bonchev–Trinajstić information content (AvgIpc) is 2.29. The fraction of sp³-hybridized carbons (Fsp3) is 1.00. The number of hydrogen-bond donors (Lipinski definition) is 1. The Morgan fingerprint density at radius 3 is 2.50 bits per heavy atom. The van der Waals surface area contributed by atoms with E-state index in [9.17, 15) is 0 Å². The van der Waals surface area contributed by atoms with Crippen LogP contribution in [0.5, 0.6) is 0 Å². The second-order valence-corrected chi connectivity index (χ2v) is 5.36. The van der Waals surface area contributed by atoms with Crippen LogP contribution < -0.4 is 5.32 Å². The van der Waals surface area contributed by atoms with Crippen molar-refractivity contribution < 1.29 is 0 Å². The van der Waals surface area contributed by atoms with Crippen LogP contribution in [-0.2, 0) is 0 Å².